The van der Waals surface area contributed by atoms with Crippen LogP contribution in [-0.4, -0.2) is 39.2 Å². The average molecular weight is 471 g/mol. The van der Waals surface area contributed by atoms with E-state index in [0.29, 0.717) is 33.4 Å². The first-order chi connectivity index (χ1) is 16.5. The molecule has 1 aliphatic rings. The highest BCUT2D eigenvalue weighted by Crippen LogP contribution is 2.46. The van der Waals surface area contributed by atoms with E-state index >= 15 is 0 Å². The van der Waals surface area contributed by atoms with E-state index < -0.39 is 11.8 Å². The average Bonchev–Trinajstić information content (AvgIpc) is 3.35. The molecule has 0 spiro atoms. The lowest BCUT2D eigenvalue weighted by atomic mass is 9.86. The summed E-state index contributed by atoms with van der Waals surface area (Å²) >= 11 is 0. The highest BCUT2D eigenvalue weighted by Gasteiger charge is 2.50. The molecule has 4 aromatic rings. The van der Waals surface area contributed by atoms with Crippen LogP contribution in [0.5, 0.6) is 0 Å². The largest absolute Gasteiger partial charge is 0.465 e. The number of aliphatic hydroxyl groups is 1. The Bertz CT molecular complexity index is 1490. The maximum absolute atomic E-state index is 13.7. The number of aromatic amines is 1. The smallest absolute Gasteiger partial charge is 0.413 e. The van der Waals surface area contributed by atoms with Gasteiger partial charge in [-0.2, -0.15) is 0 Å². The summed E-state index contributed by atoms with van der Waals surface area (Å²) in [6.45, 7) is 6.28. The number of rotatable bonds is 3. The second kappa shape index (κ2) is 7.68. The minimum atomic E-state index is -1.78. The molecule has 1 aromatic heterocycles. The van der Waals surface area contributed by atoms with Gasteiger partial charge in [0, 0.05) is 29.4 Å². The molecule has 0 bridgehead atoms. The molecule has 0 aliphatic carbocycles. The number of carboxylic acid groups (broad SMARTS) is 1. The van der Waals surface area contributed by atoms with Crippen molar-refractivity contribution in [3.63, 3.8) is 0 Å². The second-order valence-electron chi connectivity index (χ2n) is 9.79. The molecule has 1 unspecified atom stereocenters. The van der Waals surface area contributed by atoms with Crippen molar-refractivity contribution >= 4 is 34.7 Å². The van der Waals surface area contributed by atoms with Crippen LogP contribution in [0.2, 0.25) is 0 Å². The van der Waals surface area contributed by atoms with Crippen LogP contribution in [0, 0.1) is 0 Å². The van der Waals surface area contributed by atoms with Gasteiger partial charge in [0.25, 0.3) is 5.91 Å². The molecule has 0 saturated carbocycles. The molecule has 1 aliphatic heterocycles. The molecular weight excluding hydrogens is 444 g/mol. The van der Waals surface area contributed by atoms with Gasteiger partial charge in [0.1, 0.15) is 0 Å². The monoisotopic (exact) mass is 470 g/mol. The van der Waals surface area contributed by atoms with Crippen LogP contribution in [0.3, 0.4) is 0 Å². The number of amides is 2. The fourth-order valence-electron chi connectivity index (χ4n) is 4.52. The number of H-pyrrole nitrogens is 1. The third-order valence-corrected chi connectivity index (χ3v) is 6.51. The van der Waals surface area contributed by atoms with E-state index in [-0.39, 0.29) is 17.3 Å². The third kappa shape index (κ3) is 3.45. The van der Waals surface area contributed by atoms with Crippen molar-refractivity contribution in [3.05, 3.63) is 89.0 Å². The predicted molar refractivity (Wildman–Crippen MR) is 134 cm³/mol. The zero-order valence-electron chi connectivity index (χ0n) is 19.9. The number of aromatic nitrogens is 2. The normalized spacial score (nSPS) is 17.6. The molecule has 3 N–H and O–H groups in total. The van der Waals surface area contributed by atoms with Gasteiger partial charge in [-0.1, -0.05) is 57.2 Å². The van der Waals surface area contributed by atoms with E-state index in [1.165, 1.54) is 11.9 Å². The van der Waals surface area contributed by atoms with Crippen molar-refractivity contribution in [1.82, 2.24) is 9.97 Å². The molecule has 0 fully saturated rings. The van der Waals surface area contributed by atoms with Gasteiger partial charge in [-0.05, 0) is 41.3 Å². The lowest BCUT2D eigenvalue weighted by Gasteiger charge is -2.35. The summed E-state index contributed by atoms with van der Waals surface area (Å²) in [5.74, 6) is -0.139. The summed E-state index contributed by atoms with van der Waals surface area (Å²) in [5, 5.41) is 21.6. The first-order valence-electron chi connectivity index (χ1n) is 11.3. The lowest BCUT2D eigenvalue weighted by Crippen LogP contribution is -2.45. The maximum atomic E-state index is 13.7. The molecular formula is C27H26N4O4. The Kier molecular flexibility index (Phi) is 4.96. The van der Waals surface area contributed by atoms with Crippen molar-refractivity contribution in [2.75, 3.05) is 16.8 Å². The van der Waals surface area contributed by atoms with Gasteiger partial charge in [0.05, 0.1) is 11.0 Å². The zero-order chi connectivity index (χ0) is 25.1. The van der Waals surface area contributed by atoms with Gasteiger partial charge in [0.2, 0.25) is 5.95 Å². The van der Waals surface area contributed by atoms with Gasteiger partial charge < -0.3 is 15.2 Å². The van der Waals surface area contributed by atoms with Crippen molar-refractivity contribution < 1.29 is 19.8 Å². The SMILES string of the molecule is CN(C(=O)O)c1nc2ccc(C3(O)c4ccccc4C(=O)N3c3cccc(C(C)(C)C)c3)cc2[nH]1. The number of carbonyl (C=O) groups is 2. The third-order valence-electron chi connectivity index (χ3n) is 6.51. The second-order valence-corrected chi connectivity index (χ2v) is 9.79. The number of hydrogen-bond acceptors (Lipinski definition) is 4. The molecule has 178 valence electrons. The Hall–Kier alpha value is -4.17. The fraction of sp³-hybridized carbons (Fsp3) is 0.222. The standard InChI is InChI=1S/C27H26N4O4/c1-26(2,3)16-8-7-9-18(14-16)31-23(32)19-10-5-6-11-20(19)27(31,35)17-12-13-21-22(15-17)29-24(28-21)30(4)25(33)34/h5-15,35H,1-4H3,(H,28,29)(H,33,34). The number of anilines is 2. The Morgan fingerprint density at radius 2 is 1.80 bits per heavy atom. The topological polar surface area (TPSA) is 110 Å². The van der Waals surface area contributed by atoms with Crippen LogP contribution < -0.4 is 9.80 Å². The summed E-state index contributed by atoms with van der Waals surface area (Å²) in [7, 11) is 1.39. The molecule has 0 radical (unpaired) electrons. The first kappa shape index (κ1) is 22.6. The predicted octanol–water partition coefficient (Wildman–Crippen LogP) is 4.83. The molecule has 8 nitrogen and oxygen atoms in total. The molecule has 3 aromatic carbocycles. The maximum Gasteiger partial charge on any atom is 0.413 e. The molecule has 1 atom stereocenters. The summed E-state index contributed by atoms with van der Waals surface area (Å²) in [6.07, 6.45) is -1.15. The van der Waals surface area contributed by atoms with Gasteiger partial charge in [-0.15, -0.1) is 0 Å². The number of hydrogen-bond donors (Lipinski definition) is 3. The van der Waals surface area contributed by atoms with Crippen LogP contribution >= 0.6 is 0 Å². The quantitative estimate of drug-likeness (QED) is 0.397. The summed E-state index contributed by atoms with van der Waals surface area (Å²) < 4.78 is 0. The molecule has 35 heavy (non-hydrogen) atoms. The first-order valence-corrected chi connectivity index (χ1v) is 11.3. The highest BCUT2D eigenvalue weighted by molar-refractivity contribution is 6.12. The minimum absolute atomic E-state index is 0.148. The van der Waals surface area contributed by atoms with Crippen LogP contribution in [0.4, 0.5) is 16.4 Å². The fourth-order valence-corrected chi connectivity index (χ4v) is 4.52. The summed E-state index contributed by atoms with van der Waals surface area (Å²) in [6, 6.07) is 19.8. The number of nitrogens with one attached hydrogen (secondary N) is 1. The van der Waals surface area contributed by atoms with Crippen molar-refractivity contribution in [2.24, 2.45) is 0 Å². The van der Waals surface area contributed by atoms with Crippen LogP contribution in [-0.2, 0) is 11.1 Å². The number of carbonyl (C=O) groups excluding carboxylic acids is 1. The minimum Gasteiger partial charge on any atom is -0.465 e. The van der Waals surface area contributed by atoms with Crippen LogP contribution in [0.25, 0.3) is 11.0 Å². The number of nitrogens with zero attached hydrogens (tertiary/aromatic N) is 3. The highest BCUT2D eigenvalue weighted by atomic mass is 16.4. The van der Waals surface area contributed by atoms with Crippen molar-refractivity contribution in [3.8, 4) is 0 Å². The van der Waals surface area contributed by atoms with Gasteiger partial charge in [-0.3, -0.25) is 14.6 Å². The Labute approximate surface area is 202 Å². The Morgan fingerprint density at radius 1 is 1.06 bits per heavy atom. The molecule has 2 amide bonds. The van der Waals surface area contributed by atoms with E-state index in [4.69, 9.17) is 0 Å². The van der Waals surface area contributed by atoms with Gasteiger partial charge in [-0.25, -0.2) is 9.78 Å². The van der Waals surface area contributed by atoms with E-state index in [0.717, 1.165) is 10.5 Å². The van der Waals surface area contributed by atoms with Crippen LogP contribution in [0.15, 0.2) is 66.7 Å². The zero-order valence-corrected chi connectivity index (χ0v) is 19.9. The Morgan fingerprint density at radius 3 is 2.51 bits per heavy atom. The van der Waals surface area contributed by atoms with Gasteiger partial charge in [0.15, 0.2) is 5.72 Å². The van der Waals surface area contributed by atoms with E-state index in [9.17, 15) is 19.8 Å². The van der Waals surface area contributed by atoms with Crippen molar-refractivity contribution in [1.29, 1.82) is 0 Å². The Balaban J connectivity index is 1.71. The van der Waals surface area contributed by atoms with E-state index in [1.54, 1.807) is 42.5 Å². The van der Waals surface area contributed by atoms with Gasteiger partial charge >= 0.3 is 6.09 Å². The number of fused-ring (bicyclic) bond motifs is 2. The molecule has 8 heteroatoms. The lowest BCUT2D eigenvalue weighted by molar-refractivity contribution is 0.0704. The molecule has 2 heterocycles. The van der Waals surface area contributed by atoms with E-state index in [2.05, 4.69) is 30.7 Å². The van der Waals surface area contributed by atoms with E-state index in [1.807, 2.05) is 24.3 Å². The molecule has 0 saturated heterocycles. The number of benzene rings is 3. The number of imidazole rings is 1. The summed E-state index contributed by atoms with van der Waals surface area (Å²) in [4.78, 5) is 34.7. The van der Waals surface area contributed by atoms with Crippen LogP contribution in [0.1, 0.15) is 47.8 Å². The van der Waals surface area contributed by atoms with Crippen molar-refractivity contribution in [2.45, 2.75) is 31.9 Å². The summed E-state index contributed by atoms with van der Waals surface area (Å²) in [5.41, 5.74) is 2.13. The molecule has 5 rings (SSSR count).